The first-order valence-corrected chi connectivity index (χ1v) is 8.84. The SMILES string of the molecule is CCCc1cc(C(=O)c2cc3cc(OC)ccc3o2)c2cccccc1-2. The summed E-state index contributed by atoms with van der Waals surface area (Å²) in [6.07, 6.45) is 1.99. The first kappa shape index (κ1) is 16.4. The summed E-state index contributed by atoms with van der Waals surface area (Å²) in [6.45, 7) is 2.15. The minimum absolute atomic E-state index is 0.0845. The number of aryl methyl sites for hydroxylation is 1. The van der Waals surface area contributed by atoms with Crippen LogP contribution in [0.1, 0.15) is 35.0 Å². The van der Waals surface area contributed by atoms with E-state index in [9.17, 15) is 4.79 Å². The Morgan fingerprint density at radius 3 is 2.58 bits per heavy atom. The van der Waals surface area contributed by atoms with Gasteiger partial charge in [0.2, 0.25) is 5.78 Å². The van der Waals surface area contributed by atoms with Crippen molar-refractivity contribution in [2.45, 2.75) is 19.8 Å². The van der Waals surface area contributed by atoms with Crippen LogP contribution in [-0.2, 0) is 6.42 Å². The summed E-state index contributed by atoms with van der Waals surface area (Å²) in [5, 5.41) is 0.864. The molecule has 1 aromatic heterocycles. The molecule has 4 rings (SSSR count). The fourth-order valence-electron chi connectivity index (χ4n) is 3.45. The Kier molecular flexibility index (Phi) is 4.21. The van der Waals surface area contributed by atoms with E-state index < -0.39 is 0 Å². The minimum Gasteiger partial charge on any atom is -0.497 e. The molecule has 0 saturated heterocycles. The fraction of sp³-hybridized carbons (Fsp3) is 0.174. The van der Waals surface area contributed by atoms with Crippen LogP contribution >= 0.6 is 0 Å². The lowest BCUT2D eigenvalue weighted by molar-refractivity contribution is 0.101. The average Bonchev–Trinajstić information content (AvgIpc) is 3.13. The number of hydrogen-bond acceptors (Lipinski definition) is 3. The molecular formula is C23H20O3. The molecule has 3 nitrogen and oxygen atoms in total. The topological polar surface area (TPSA) is 39.4 Å². The van der Waals surface area contributed by atoms with E-state index in [1.165, 1.54) is 5.56 Å². The normalized spacial score (nSPS) is 11.2. The van der Waals surface area contributed by atoms with Crippen molar-refractivity contribution in [3.63, 3.8) is 0 Å². The first-order chi connectivity index (χ1) is 12.7. The average molecular weight is 344 g/mol. The van der Waals surface area contributed by atoms with Gasteiger partial charge in [-0.3, -0.25) is 4.79 Å². The van der Waals surface area contributed by atoms with Gasteiger partial charge in [-0.2, -0.15) is 0 Å². The van der Waals surface area contributed by atoms with E-state index >= 15 is 0 Å². The van der Waals surface area contributed by atoms with Crippen molar-refractivity contribution in [2.24, 2.45) is 0 Å². The number of benzene rings is 1. The fourth-order valence-corrected chi connectivity index (χ4v) is 3.45. The summed E-state index contributed by atoms with van der Waals surface area (Å²) in [5.41, 5.74) is 4.70. The van der Waals surface area contributed by atoms with Gasteiger partial charge in [0.15, 0.2) is 5.76 Å². The summed E-state index contributed by atoms with van der Waals surface area (Å²) in [5.74, 6) is 1.02. The second kappa shape index (κ2) is 6.68. The highest BCUT2D eigenvalue weighted by atomic mass is 16.5. The van der Waals surface area contributed by atoms with Gasteiger partial charge in [0.1, 0.15) is 11.3 Å². The number of furan rings is 1. The number of carbonyl (C=O) groups excluding carboxylic acids is 1. The van der Waals surface area contributed by atoms with Gasteiger partial charge in [0, 0.05) is 10.9 Å². The van der Waals surface area contributed by atoms with Crippen LogP contribution < -0.4 is 4.74 Å². The van der Waals surface area contributed by atoms with Crippen molar-refractivity contribution >= 4 is 16.8 Å². The van der Waals surface area contributed by atoms with Crippen LogP contribution in [0.5, 0.6) is 5.75 Å². The highest BCUT2D eigenvalue weighted by Gasteiger charge is 2.23. The molecule has 0 spiro atoms. The van der Waals surface area contributed by atoms with Gasteiger partial charge in [0.05, 0.1) is 7.11 Å². The van der Waals surface area contributed by atoms with Crippen LogP contribution in [0.3, 0.4) is 0 Å². The highest BCUT2D eigenvalue weighted by molar-refractivity contribution is 6.14. The van der Waals surface area contributed by atoms with Gasteiger partial charge < -0.3 is 9.15 Å². The Balaban J connectivity index is 1.81. The van der Waals surface area contributed by atoms with Gasteiger partial charge in [-0.1, -0.05) is 43.7 Å². The lowest BCUT2D eigenvalue weighted by Crippen LogP contribution is -1.98. The van der Waals surface area contributed by atoms with Gasteiger partial charge in [-0.15, -0.1) is 0 Å². The Labute approximate surface area is 152 Å². The van der Waals surface area contributed by atoms with E-state index in [-0.39, 0.29) is 5.78 Å². The van der Waals surface area contributed by atoms with Crippen molar-refractivity contribution < 1.29 is 13.9 Å². The molecule has 1 aromatic carbocycles. The summed E-state index contributed by atoms with van der Waals surface area (Å²) < 4.78 is 11.1. The standard InChI is InChI=1S/C23H20O3/c1-3-7-15-13-20(19-9-6-4-5-8-18(15)19)23(24)22-14-16-12-17(25-2)10-11-21(16)26-22/h4-6,8-14H,3,7H2,1-2H3. The van der Waals surface area contributed by atoms with Crippen LogP contribution in [0, 0.1) is 0 Å². The minimum atomic E-state index is -0.0845. The molecule has 0 aliphatic heterocycles. The van der Waals surface area contributed by atoms with Crippen LogP contribution in [0.15, 0.2) is 65.1 Å². The molecule has 0 N–H and O–H groups in total. The van der Waals surface area contributed by atoms with Crippen LogP contribution in [0.25, 0.3) is 22.1 Å². The van der Waals surface area contributed by atoms with E-state index in [0.29, 0.717) is 16.9 Å². The Morgan fingerprint density at radius 1 is 1.00 bits per heavy atom. The molecular weight excluding hydrogens is 324 g/mol. The Bertz CT molecular complexity index is 1060. The highest BCUT2D eigenvalue weighted by Crippen LogP contribution is 2.35. The van der Waals surface area contributed by atoms with Crippen molar-refractivity contribution in [3.05, 3.63) is 77.6 Å². The third kappa shape index (κ3) is 2.76. The zero-order chi connectivity index (χ0) is 18.1. The lowest BCUT2D eigenvalue weighted by Gasteiger charge is -2.00. The summed E-state index contributed by atoms with van der Waals surface area (Å²) >= 11 is 0. The third-order valence-electron chi connectivity index (χ3n) is 4.70. The molecule has 0 atom stereocenters. The predicted octanol–water partition coefficient (Wildman–Crippen LogP) is 5.73. The lowest BCUT2D eigenvalue weighted by atomic mass is 10.0. The monoisotopic (exact) mass is 344 g/mol. The molecule has 2 aliphatic carbocycles. The molecule has 130 valence electrons. The molecule has 26 heavy (non-hydrogen) atoms. The van der Waals surface area contributed by atoms with E-state index in [4.69, 9.17) is 9.15 Å². The van der Waals surface area contributed by atoms with E-state index in [1.807, 2.05) is 48.5 Å². The maximum Gasteiger partial charge on any atom is 0.228 e. The maximum absolute atomic E-state index is 13.2. The van der Waals surface area contributed by atoms with E-state index in [1.54, 1.807) is 13.2 Å². The molecule has 0 saturated carbocycles. The summed E-state index contributed by atoms with van der Waals surface area (Å²) in [6, 6.07) is 19.4. The number of carbonyl (C=O) groups is 1. The van der Waals surface area contributed by atoms with Crippen LogP contribution in [0.2, 0.25) is 0 Å². The molecule has 1 heterocycles. The van der Waals surface area contributed by atoms with Gasteiger partial charge in [-0.05, 0) is 53.4 Å². The number of ether oxygens (including phenoxy) is 1. The zero-order valence-electron chi connectivity index (χ0n) is 14.9. The van der Waals surface area contributed by atoms with E-state index in [2.05, 4.69) is 13.0 Å². The largest absolute Gasteiger partial charge is 0.497 e. The number of rotatable bonds is 5. The smallest absolute Gasteiger partial charge is 0.228 e. The quantitative estimate of drug-likeness (QED) is 0.434. The second-order valence-corrected chi connectivity index (χ2v) is 6.41. The molecule has 0 unspecified atom stereocenters. The number of methoxy groups -OCH3 is 1. The second-order valence-electron chi connectivity index (χ2n) is 6.41. The number of hydrogen-bond donors (Lipinski definition) is 0. The summed E-state index contributed by atoms with van der Waals surface area (Å²) in [7, 11) is 1.62. The van der Waals surface area contributed by atoms with Crippen LogP contribution in [-0.4, -0.2) is 12.9 Å². The molecule has 2 aliphatic rings. The van der Waals surface area contributed by atoms with Crippen molar-refractivity contribution in [3.8, 4) is 16.9 Å². The Morgan fingerprint density at radius 2 is 1.81 bits per heavy atom. The van der Waals surface area contributed by atoms with Gasteiger partial charge in [0.25, 0.3) is 0 Å². The van der Waals surface area contributed by atoms with Crippen molar-refractivity contribution in [1.82, 2.24) is 0 Å². The zero-order valence-corrected chi connectivity index (χ0v) is 14.9. The molecule has 0 fully saturated rings. The molecule has 3 heteroatoms. The Hall–Kier alpha value is -3.07. The number of fused-ring (bicyclic) bond motifs is 2. The number of ketones is 1. The van der Waals surface area contributed by atoms with Crippen LogP contribution in [0.4, 0.5) is 0 Å². The van der Waals surface area contributed by atoms with Gasteiger partial charge >= 0.3 is 0 Å². The maximum atomic E-state index is 13.2. The van der Waals surface area contributed by atoms with Gasteiger partial charge in [-0.25, -0.2) is 0 Å². The first-order valence-electron chi connectivity index (χ1n) is 8.84. The molecule has 0 amide bonds. The predicted molar refractivity (Wildman–Crippen MR) is 103 cm³/mol. The van der Waals surface area contributed by atoms with Crippen molar-refractivity contribution in [1.29, 1.82) is 0 Å². The molecule has 2 aromatic rings. The molecule has 0 radical (unpaired) electrons. The molecule has 0 bridgehead atoms. The third-order valence-corrected chi connectivity index (χ3v) is 4.70. The summed E-state index contributed by atoms with van der Waals surface area (Å²) in [4.78, 5) is 13.2. The van der Waals surface area contributed by atoms with E-state index in [0.717, 1.165) is 35.1 Å². The van der Waals surface area contributed by atoms with Crippen molar-refractivity contribution in [2.75, 3.05) is 7.11 Å².